The molecule has 3 rings (SSSR count). The third kappa shape index (κ3) is 2.76. The highest BCUT2D eigenvalue weighted by molar-refractivity contribution is 9.10. The van der Waals surface area contributed by atoms with Crippen molar-refractivity contribution >= 4 is 54.5 Å². The monoisotopic (exact) mass is 361 g/mol. The SMILES string of the molecule is Cc1nc2cc(Nc3c(C)cc(Br)cc3C)c(N)cc2s1. The molecule has 21 heavy (non-hydrogen) atoms. The van der Waals surface area contributed by atoms with Gasteiger partial charge in [0.15, 0.2) is 0 Å². The fourth-order valence-corrected chi connectivity index (χ4v) is 4.00. The molecule has 5 heteroatoms. The van der Waals surface area contributed by atoms with Gasteiger partial charge in [-0.3, -0.25) is 0 Å². The quantitative estimate of drug-likeness (QED) is 0.608. The van der Waals surface area contributed by atoms with Crippen molar-refractivity contribution in [1.29, 1.82) is 0 Å². The van der Waals surface area contributed by atoms with Crippen molar-refractivity contribution in [3.8, 4) is 0 Å². The summed E-state index contributed by atoms with van der Waals surface area (Å²) >= 11 is 5.19. The Hall–Kier alpha value is -1.59. The van der Waals surface area contributed by atoms with Crippen molar-refractivity contribution in [3.63, 3.8) is 0 Å². The summed E-state index contributed by atoms with van der Waals surface area (Å²) in [4.78, 5) is 4.53. The van der Waals surface area contributed by atoms with E-state index in [9.17, 15) is 0 Å². The number of nitrogens with two attached hydrogens (primary N) is 1. The Kier molecular flexibility index (Phi) is 3.63. The topological polar surface area (TPSA) is 50.9 Å². The Labute approximate surface area is 136 Å². The van der Waals surface area contributed by atoms with Crippen LogP contribution >= 0.6 is 27.3 Å². The van der Waals surface area contributed by atoms with E-state index in [1.165, 1.54) is 11.1 Å². The minimum atomic E-state index is 0.743. The van der Waals surface area contributed by atoms with Crippen LogP contribution in [0, 0.1) is 20.8 Å². The predicted molar refractivity (Wildman–Crippen MR) is 95.7 cm³/mol. The van der Waals surface area contributed by atoms with Gasteiger partial charge in [0.05, 0.1) is 26.6 Å². The number of halogens is 1. The molecular weight excluding hydrogens is 346 g/mol. The smallest absolute Gasteiger partial charge is 0.0907 e. The summed E-state index contributed by atoms with van der Waals surface area (Å²) in [6, 6.07) is 8.20. The molecule has 0 spiro atoms. The van der Waals surface area contributed by atoms with E-state index in [1.807, 2.05) is 19.1 Å². The molecule has 0 atom stereocenters. The predicted octanol–water partition coefficient (Wildman–Crippen LogP) is 5.31. The Morgan fingerprint density at radius 3 is 2.43 bits per heavy atom. The lowest BCUT2D eigenvalue weighted by molar-refractivity contribution is 1.33. The third-order valence-corrected chi connectivity index (χ3v) is 4.82. The molecule has 2 aromatic carbocycles. The second kappa shape index (κ2) is 5.31. The van der Waals surface area contributed by atoms with E-state index in [1.54, 1.807) is 11.3 Å². The van der Waals surface area contributed by atoms with Crippen molar-refractivity contribution < 1.29 is 0 Å². The molecule has 0 radical (unpaired) electrons. The molecule has 3 N–H and O–H groups in total. The van der Waals surface area contributed by atoms with E-state index in [0.29, 0.717) is 0 Å². The van der Waals surface area contributed by atoms with Crippen LogP contribution < -0.4 is 11.1 Å². The Balaban J connectivity index is 2.07. The molecule has 1 aromatic heterocycles. The molecule has 3 nitrogen and oxygen atoms in total. The fraction of sp³-hybridized carbons (Fsp3) is 0.188. The van der Waals surface area contributed by atoms with Gasteiger partial charge in [0, 0.05) is 10.2 Å². The second-order valence-corrected chi connectivity index (χ2v) is 7.33. The molecule has 0 saturated heterocycles. The first kappa shape index (κ1) is 14.4. The average Bonchev–Trinajstić information content (AvgIpc) is 2.72. The van der Waals surface area contributed by atoms with Gasteiger partial charge in [0.2, 0.25) is 0 Å². The van der Waals surface area contributed by atoms with Crippen LogP contribution in [-0.4, -0.2) is 4.98 Å². The third-order valence-electron chi connectivity index (χ3n) is 3.42. The maximum Gasteiger partial charge on any atom is 0.0907 e. The van der Waals surface area contributed by atoms with Gasteiger partial charge in [-0.25, -0.2) is 4.98 Å². The summed E-state index contributed by atoms with van der Waals surface area (Å²) in [5.74, 6) is 0. The standard InChI is InChI=1S/C16H16BrN3S/c1-8-4-11(17)5-9(2)16(8)20-13-7-14-15(6-12(13)18)21-10(3)19-14/h4-7,20H,18H2,1-3H3. The summed E-state index contributed by atoms with van der Waals surface area (Å²) in [6.45, 7) is 6.18. The van der Waals surface area contributed by atoms with E-state index in [0.717, 1.165) is 36.8 Å². The highest BCUT2D eigenvalue weighted by atomic mass is 79.9. The number of hydrogen-bond acceptors (Lipinski definition) is 4. The summed E-state index contributed by atoms with van der Waals surface area (Å²) in [6.07, 6.45) is 0. The van der Waals surface area contributed by atoms with Gasteiger partial charge >= 0.3 is 0 Å². The van der Waals surface area contributed by atoms with Crippen molar-refractivity contribution in [1.82, 2.24) is 4.98 Å². The summed E-state index contributed by atoms with van der Waals surface area (Å²) in [7, 11) is 0. The van der Waals surface area contributed by atoms with Crippen LogP contribution in [0.1, 0.15) is 16.1 Å². The number of fused-ring (bicyclic) bond motifs is 1. The number of rotatable bonds is 2. The molecule has 0 amide bonds. The minimum absolute atomic E-state index is 0.743. The van der Waals surface area contributed by atoms with Crippen LogP contribution in [0.5, 0.6) is 0 Å². The molecule has 0 saturated carbocycles. The number of nitrogens with zero attached hydrogens (tertiary/aromatic N) is 1. The van der Waals surface area contributed by atoms with E-state index in [-0.39, 0.29) is 0 Å². The molecule has 0 unspecified atom stereocenters. The molecule has 0 aliphatic carbocycles. The van der Waals surface area contributed by atoms with Crippen LogP contribution in [0.2, 0.25) is 0 Å². The number of aromatic nitrogens is 1. The van der Waals surface area contributed by atoms with Gasteiger partial charge in [-0.15, -0.1) is 11.3 Å². The maximum absolute atomic E-state index is 6.18. The average molecular weight is 362 g/mol. The lowest BCUT2D eigenvalue weighted by Crippen LogP contribution is -2.00. The van der Waals surface area contributed by atoms with Gasteiger partial charge in [-0.2, -0.15) is 0 Å². The Morgan fingerprint density at radius 2 is 1.76 bits per heavy atom. The van der Waals surface area contributed by atoms with Crippen molar-refractivity contribution in [2.45, 2.75) is 20.8 Å². The first-order chi connectivity index (χ1) is 9.94. The van der Waals surface area contributed by atoms with E-state index in [2.05, 4.69) is 52.2 Å². The van der Waals surface area contributed by atoms with Gasteiger partial charge < -0.3 is 11.1 Å². The van der Waals surface area contributed by atoms with Gasteiger partial charge in [0.25, 0.3) is 0 Å². The first-order valence-corrected chi connectivity index (χ1v) is 8.25. The van der Waals surface area contributed by atoms with Crippen LogP contribution in [0.4, 0.5) is 17.1 Å². The van der Waals surface area contributed by atoms with Gasteiger partial charge in [-0.05, 0) is 56.2 Å². The van der Waals surface area contributed by atoms with Gasteiger partial charge in [0.1, 0.15) is 0 Å². The van der Waals surface area contributed by atoms with Crippen LogP contribution in [0.15, 0.2) is 28.7 Å². The van der Waals surface area contributed by atoms with Crippen molar-refractivity contribution in [2.24, 2.45) is 0 Å². The van der Waals surface area contributed by atoms with Crippen LogP contribution in [0.25, 0.3) is 10.2 Å². The highest BCUT2D eigenvalue weighted by Crippen LogP contribution is 2.34. The van der Waals surface area contributed by atoms with Crippen LogP contribution in [0.3, 0.4) is 0 Å². The largest absolute Gasteiger partial charge is 0.397 e. The highest BCUT2D eigenvalue weighted by Gasteiger charge is 2.10. The Bertz CT molecular complexity index is 816. The van der Waals surface area contributed by atoms with Crippen molar-refractivity contribution in [2.75, 3.05) is 11.1 Å². The molecule has 0 aliphatic heterocycles. The number of hydrogen-bond donors (Lipinski definition) is 2. The Morgan fingerprint density at radius 1 is 1.10 bits per heavy atom. The van der Waals surface area contributed by atoms with E-state index < -0.39 is 0 Å². The normalized spacial score (nSPS) is 11.0. The number of anilines is 3. The van der Waals surface area contributed by atoms with E-state index >= 15 is 0 Å². The van der Waals surface area contributed by atoms with Gasteiger partial charge in [-0.1, -0.05) is 15.9 Å². The lowest BCUT2D eigenvalue weighted by atomic mass is 10.1. The first-order valence-electron chi connectivity index (χ1n) is 6.64. The zero-order chi connectivity index (χ0) is 15.1. The van der Waals surface area contributed by atoms with Crippen LogP contribution in [-0.2, 0) is 0 Å². The molecule has 108 valence electrons. The molecule has 0 bridgehead atoms. The maximum atomic E-state index is 6.18. The molecular formula is C16H16BrN3S. The van der Waals surface area contributed by atoms with E-state index in [4.69, 9.17) is 5.73 Å². The number of aryl methyl sites for hydroxylation is 3. The molecule has 3 aromatic rings. The minimum Gasteiger partial charge on any atom is -0.397 e. The molecule has 1 heterocycles. The number of thiazole rings is 1. The number of nitrogens with one attached hydrogen (secondary N) is 1. The summed E-state index contributed by atoms with van der Waals surface area (Å²) < 4.78 is 2.21. The lowest BCUT2D eigenvalue weighted by Gasteiger charge is -2.15. The zero-order valence-electron chi connectivity index (χ0n) is 12.1. The zero-order valence-corrected chi connectivity index (χ0v) is 14.5. The number of nitrogen functional groups attached to an aromatic ring is 1. The molecule has 0 fully saturated rings. The summed E-state index contributed by atoms with van der Waals surface area (Å²) in [5.41, 5.74) is 12.3. The second-order valence-electron chi connectivity index (χ2n) is 5.18. The molecule has 0 aliphatic rings. The van der Waals surface area contributed by atoms with Crippen molar-refractivity contribution in [3.05, 3.63) is 44.9 Å². The number of benzene rings is 2. The summed E-state index contributed by atoms with van der Waals surface area (Å²) in [5, 5.41) is 4.51. The fourth-order valence-electron chi connectivity index (χ4n) is 2.46.